The van der Waals surface area contributed by atoms with Crippen molar-refractivity contribution in [2.75, 3.05) is 33.4 Å². The lowest BCUT2D eigenvalue weighted by molar-refractivity contribution is -0.181. The van der Waals surface area contributed by atoms with Crippen molar-refractivity contribution in [3.05, 3.63) is 40.8 Å². The number of rotatable bonds is 5. The fourth-order valence-electron chi connectivity index (χ4n) is 3.80. The summed E-state index contributed by atoms with van der Waals surface area (Å²) in [5.74, 6) is 1.28. The smallest absolute Gasteiger partial charge is 0.253 e. The molecule has 2 aromatic rings. The van der Waals surface area contributed by atoms with Gasteiger partial charge in [0.2, 0.25) is 0 Å². The molecule has 1 aromatic heterocycles. The highest BCUT2D eigenvalue weighted by Crippen LogP contribution is 2.33. The maximum atomic E-state index is 12.9. The van der Waals surface area contributed by atoms with Gasteiger partial charge in [-0.1, -0.05) is 5.16 Å². The maximum Gasteiger partial charge on any atom is 0.253 e. The molecule has 29 heavy (non-hydrogen) atoms. The monoisotopic (exact) mass is 402 g/mol. The normalized spacial score (nSPS) is 18.2. The number of amides is 1. The van der Waals surface area contributed by atoms with Gasteiger partial charge in [-0.2, -0.15) is 0 Å². The van der Waals surface area contributed by atoms with Crippen LogP contribution in [0, 0.1) is 13.8 Å². The third kappa shape index (κ3) is 3.95. The van der Waals surface area contributed by atoms with E-state index in [9.17, 15) is 4.79 Å². The molecule has 1 spiro atoms. The first kappa shape index (κ1) is 19.7. The molecular formula is C21H26N2O6. The largest absolute Gasteiger partial charge is 0.493 e. The number of carbonyl (C=O) groups is 1. The number of aryl methyl sites for hydroxylation is 2. The molecule has 1 amide bonds. The van der Waals surface area contributed by atoms with Crippen molar-refractivity contribution < 1.29 is 28.3 Å². The van der Waals surface area contributed by atoms with Gasteiger partial charge < -0.3 is 28.4 Å². The second-order valence-corrected chi connectivity index (χ2v) is 7.36. The highest BCUT2D eigenvalue weighted by Gasteiger charge is 2.40. The lowest BCUT2D eigenvalue weighted by atomic mass is 10.0. The molecular weight excluding hydrogens is 376 g/mol. The van der Waals surface area contributed by atoms with Gasteiger partial charge in [-0.3, -0.25) is 4.79 Å². The Hall–Kier alpha value is -2.58. The number of nitrogens with zero attached hydrogens (tertiary/aromatic N) is 2. The summed E-state index contributed by atoms with van der Waals surface area (Å²) in [6.45, 7) is 6.50. The van der Waals surface area contributed by atoms with E-state index in [-0.39, 0.29) is 5.91 Å². The van der Waals surface area contributed by atoms with Gasteiger partial charge in [0.25, 0.3) is 5.91 Å². The molecule has 0 saturated carbocycles. The Bertz CT molecular complexity index is 858. The van der Waals surface area contributed by atoms with E-state index in [0.717, 1.165) is 17.0 Å². The minimum Gasteiger partial charge on any atom is -0.493 e. The molecule has 0 atom stereocenters. The molecule has 1 aromatic carbocycles. The van der Waals surface area contributed by atoms with Crippen LogP contribution in [0.4, 0.5) is 0 Å². The van der Waals surface area contributed by atoms with Crippen LogP contribution >= 0.6 is 0 Å². The predicted molar refractivity (Wildman–Crippen MR) is 103 cm³/mol. The Morgan fingerprint density at radius 2 is 1.90 bits per heavy atom. The summed E-state index contributed by atoms with van der Waals surface area (Å²) in [5.41, 5.74) is 2.27. The van der Waals surface area contributed by atoms with E-state index in [1.54, 1.807) is 25.3 Å². The summed E-state index contributed by atoms with van der Waals surface area (Å²) in [6.07, 6.45) is 1.38. The zero-order chi connectivity index (χ0) is 20.4. The lowest BCUT2D eigenvalue weighted by Crippen LogP contribution is -2.47. The number of hydrogen-bond acceptors (Lipinski definition) is 7. The van der Waals surface area contributed by atoms with E-state index in [2.05, 4.69) is 5.16 Å². The SMILES string of the molecule is COc1cc(C(=O)N2CCC3(CC2)OCCO3)ccc1OCc1c(C)noc1C. The topological polar surface area (TPSA) is 83.3 Å². The van der Waals surface area contributed by atoms with Crippen LogP contribution in [0.15, 0.2) is 22.7 Å². The van der Waals surface area contributed by atoms with Crippen molar-refractivity contribution >= 4 is 5.91 Å². The van der Waals surface area contributed by atoms with E-state index < -0.39 is 5.79 Å². The molecule has 2 saturated heterocycles. The fraction of sp³-hybridized carbons (Fsp3) is 0.524. The Morgan fingerprint density at radius 1 is 1.17 bits per heavy atom. The van der Waals surface area contributed by atoms with Crippen molar-refractivity contribution in [3.63, 3.8) is 0 Å². The second-order valence-electron chi connectivity index (χ2n) is 7.36. The number of carbonyl (C=O) groups excluding carboxylic acids is 1. The second kappa shape index (κ2) is 8.04. The summed E-state index contributed by atoms with van der Waals surface area (Å²) in [5, 5.41) is 3.93. The van der Waals surface area contributed by atoms with Gasteiger partial charge in [-0.05, 0) is 32.0 Å². The number of aromatic nitrogens is 1. The zero-order valence-corrected chi connectivity index (χ0v) is 17.0. The van der Waals surface area contributed by atoms with Crippen molar-refractivity contribution in [2.45, 2.75) is 39.1 Å². The highest BCUT2D eigenvalue weighted by atomic mass is 16.7. The van der Waals surface area contributed by atoms with E-state index >= 15 is 0 Å². The quantitative estimate of drug-likeness (QED) is 0.760. The highest BCUT2D eigenvalue weighted by molar-refractivity contribution is 5.95. The van der Waals surface area contributed by atoms with Crippen molar-refractivity contribution in [2.24, 2.45) is 0 Å². The summed E-state index contributed by atoms with van der Waals surface area (Å²) >= 11 is 0. The maximum absolute atomic E-state index is 12.9. The zero-order valence-electron chi connectivity index (χ0n) is 17.0. The Kier molecular flexibility index (Phi) is 5.47. The van der Waals surface area contributed by atoms with E-state index in [1.165, 1.54) is 0 Å². The molecule has 156 valence electrons. The molecule has 0 unspecified atom stereocenters. The summed E-state index contributed by atoms with van der Waals surface area (Å²) < 4.78 is 28.0. The van der Waals surface area contributed by atoms with Crippen LogP contribution in [0.25, 0.3) is 0 Å². The van der Waals surface area contributed by atoms with E-state index in [1.807, 2.05) is 18.7 Å². The lowest BCUT2D eigenvalue weighted by Gasteiger charge is -2.37. The van der Waals surface area contributed by atoms with Crippen molar-refractivity contribution in [1.82, 2.24) is 10.1 Å². The third-order valence-corrected chi connectivity index (χ3v) is 5.59. The first-order valence-electron chi connectivity index (χ1n) is 9.81. The molecule has 8 heteroatoms. The summed E-state index contributed by atoms with van der Waals surface area (Å²) in [7, 11) is 1.56. The van der Waals surface area contributed by atoms with Crippen LogP contribution in [0.1, 0.15) is 40.2 Å². The van der Waals surface area contributed by atoms with Crippen LogP contribution in [-0.2, 0) is 16.1 Å². The molecule has 0 radical (unpaired) electrons. The molecule has 0 N–H and O–H groups in total. The summed E-state index contributed by atoms with van der Waals surface area (Å²) in [6, 6.07) is 5.25. The molecule has 8 nitrogen and oxygen atoms in total. The van der Waals surface area contributed by atoms with Crippen molar-refractivity contribution in [1.29, 1.82) is 0 Å². The van der Waals surface area contributed by atoms with Crippen LogP contribution in [0.2, 0.25) is 0 Å². The number of ether oxygens (including phenoxy) is 4. The standard InChI is InChI=1S/C21H26N2O6/c1-14-17(15(2)29-22-14)13-26-18-5-4-16(12-19(18)25-3)20(24)23-8-6-21(7-9-23)27-10-11-28-21/h4-5,12H,6-11,13H2,1-3H3. The average molecular weight is 402 g/mol. The van der Waals surface area contributed by atoms with Gasteiger partial charge in [0.1, 0.15) is 12.4 Å². The Morgan fingerprint density at radius 3 is 2.52 bits per heavy atom. The first-order valence-corrected chi connectivity index (χ1v) is 9.81. The average Bonchev–Trinajstić information content (AvgIpc) is 3.33. The number of hydrogen-bond donors (Lipinski definition) is 0. The predicted octanol–water partition coefficient (Wildman–Crippen LogP) is 2.86. The van der Waals surface area contributed by atoms with Crippen molar-refractivity contribution in [3.8, 4) is 11.5 Å². The fourth-order valence-corrected chi connectivity index (χ4v) is 3.80. The molecule has 0 aliphatic carbocycles. The van der Waals surface area contributed by atoms with Gasteiger partial charge in [0.15, 0.2) is 17.3 Å². The van der Waals surface area contributed by atoms with E-state index in [0.29, 0.717) is 62.8 Å². The van der Waals surface area contributed by atoms with Gasteiger partial charge in [0.05, 0.1) is 31.6 Å². The molecule has 2 fully saturated rings. The molecule has 0 bridgehead atoms. The van der Waals surface area contributed by atoms with Crippen LogP contribution in [0.5, 0.6) is 11.5 Å². The minimum atomic E-state index is -0.496. The molecule has 3 heterocycles. The molecule has 4 rings (SSSR count). The van der Waals surface area contributed by atoms with Gasteiger partial charge in [0, 0.05) is 31.5 Å². The Balaban J connectivity index is 1.43. The van der Waals surface area contributed by atoms with E-state index in [4.69, 9.17) is 23.5 Å². The Labute approximate surface area is 169 Å². The van der Waals surface area contributed by atoms with Gasteiger partial charge in [-0.25, -0.2) is 0 Å². The van der Waals surface area contributed by atoms with Gasteiger partial charge in [-0.15, -0.1) is 0 Å². The van der Waals surface area contributed by atoms with Crippen LogP contribution in [0.3, 0.4) is 0 Å². The van der Waals surface area contributed by atoms with Crippen LogP contribution in [-0.4, -0.2) is 55.2 Å². The number of benzene rings is 1. The number of likely N-dealkylation sites (tertiary alicyclic amines) is 1. The summed E-state index contributed by atoms with van der Waals surface area (Å²) in [4.78, 5) is 14.8. The van der Waals surface area contributed by atoms with Crippen LogP contribution < -0.4 is 9.47 Å². The van der Waals surface area contributed by atoms with Gasteiger partial charge >= 0.3 is 0 Å². The molecule has 2 aliphatic heterocycles. The first-order chi connectivity index (χ1) is 14.0. The number of piperidine rings is 1. The number of methoxy groups -OCH3 is 1. The molecule has 2 aliphatic rings. The third-order valence-electron chi connectivity index (χ3n) is 5.59. The minimum absolute atomic E-state index is 0.0339.